The van der Waals surface area contributed by atoms with Gasteiger partial charge in [-0.15, -0.1) is 0 Å². The lowest BCUT2D eigenvalue weighted by Crippen LogP contribution is -2.53. The Morgan fingerprint density at radius 3 is 2.47 bits per heavy atom. The van der Waals surface area contributed by atoms with Crippen molar-refractivity contribution in [3.8, 4) is 0 Å². The van der Waals surface area contributed by atoms with Gasteiger partial charge in [-0.2, -0.15) is 0 Å². The average Bonchev–Trinajstić information content (AvgIpc) is 2.78. The number of guanidine groups is 1. The molecule has 1 amide bonds. The summed E-state index contributed by atoms with van der Waals surface area (Å²) in [6.07, 6.45) is 3.38. The number of nitrogens with one attached hydrogen (secondary N) is 2. The predicted molar refractivity (Wildman–Crippen MR) is 107 cm³/mol. The molecule has 0 radical (unpaired) electrons. The van der Waals surface area contributed by atoms with Crippen LogP contribution in [-0.4, -0.2) is 66.0 Å². The summed E-state index contributed by atoms with van der Waals surface area (Å²) < 4.78 is 40.0. The van der Waals surface area contributed by atoms with Crippen LogP contribution in [0.15, 0.2) is 35.6 Å². The van der Waals surface area contributed by atoms with Crippen molar-refractivity contribution in [3.63, 3.8) is 0 Å². The summed E-state index contributed by atoms with van der Waals surface area (Å²) in [5.74, 6) is -3.85. The molecule has 1 aliphatic rings. The maximum absolute atomic E-state index is 13.7. The van der Waals surface area contributed by atoms with E-state index in [1.165, 1.54) is 0 Å². The summed E-state index contributed by atoms with van der Waals surface area (Å²) in [6, 6.07) is 3.47. The smallest absolute Gasteiger partial charge is 0.246 e. The molecular formula is C19H22F3N7O. The molecule has 2 N–H and O–H groups in total. The van der Waals surface area contributed by atoms with Gasteiger partial charge in [0.1, 0.15) is 6.54 Å². The Morgan fingerprint density at radius 2 is 1.80 bits per heavy atom. The minimum Gasteiger partial charge on any atom is -0.357 e. The van der Waals surface area contributed by atoms with Crippen molar-refractivity contribution >= 4 is 23.5 Å². The Balaban J connectivity index is 1.59. The molecule has 1 fully saturated rings. The van der Waals surface area contributed by atoms with E-state index >= 15 is 0 Å². The van der Waals surface area contributed by atoms with Gasteiger partial charge in [-0.1, -0.05) is 0 Å². The lowest BCUT2D eigenvalue weighted by molar-refractivity contribution is -0.114. The van der Waals surface area contributed by atoms with Gasteiger partial charge < -0.3 is 20.4 Å². The fraction of sp³-hybridized carbons (Fsp3) is 0.368. The minimum absolute atomic E-state index is 0.303. The fourth-order valence-electron chi connectivity index (χ4n) is 2.96. The molecule has 0 unspecified atom stereocenters. The first kappa shape index (κ1) is 21.3. The summed E-state index contributed by atoms with van der Waals surface area (Å²) in [5, 5.41) is 5.33. The number of aromatic nitrogens is 2. The first-order valence-corrected chi connectivity index (χ1v) is 9.48. The molecule has 2 aromatic rings. The van der Waals surface area contributed by atoms with Gasteiger partial charge in [0, 0.05) is 45.1 Å². The minimum atomic E-state index is -1.63. The molecule has 1 aromatic carbocycles. The van der Waals surface area contributed by atoms with Gasteiger partial charge >= 0.3 is 0 Å². The van der Waals surface area contributed by atoms with Gasteiger partial charge in [0.05, 0.1) is 5.69 Å². The second-order valence-electron chi connectivity index (χ2n) is 6.46. The zero-order valence-electron chi connectivity index (χ0n) is 16.4. The maximum Gasteiger partial charge on any atom is 0.246 e. The summed E-state index contributed by atoms with van der Waals surface area (Å²) in [7, 11) is 0. The third-order valence-corrected chi connectivity index (χ3v) is 4.43. The van der Waals surface area contributed by atoms with Crippen molar-refractivity contribution in [2.45, 2.75) is 6.92 Å². The summed E-state index contributed by atoms with van der Waals surface area (Å²) >= 11 is 0. The van der Waals surface area contributed by atoms with E-state index in [4.69, 9.17) is 0 Å². The molecule has 0 aliphatic carbocycles. The Labute approximate surface area is 171 Å². The number of hydrogen-bond acceptors (Lipinski definition) is 5. The largest absolute Gasteiger partial charge is 0.357 e. The number of nitrogens with zero attached hydrogens (tertiary/aromatic N) is 5. The lowest BCUT2D eigenvalue weighted by atomic mass is 10.2. The van der Waals surface area contributed by atoms with Gasteiger partial charge in [-0.3, -0.25) is 4.79 Å². The highest BCUT2D eigenvalue weighted by Crippen LogP contribution is 2.19. The SMILES string of the molecule is CCNC(=NCC(=O)Nc1ccc(F)c(F)c1F)N1CCN(c2ncccn2)CC1. The molecule has 8 nitrogen and oxygen atoms in total. The van der Waals surface area contributed by atoms with Crippen LogP contribution in [0.3, 0.4) is 0 Å². The molecule has 0 spiro atoms. The van der Waals surface area contributed by atoms with E-state index < -0.39 is 29.0 Å². The summed E-state index contributed by atoms with van der Waals surface area (Å²) in [6.45, 7) is 4.85. The fourth-order valence-corrected chi connectivity index (χ4v) is 2.96. The number of benzene rings is 1. The molecule has 3 rings (SSSR count). The second-order valence-corrected chi connectivity index (χ2v) is 6.46. The van der Waals surface area contributed by atoms with Crippen LogP contribution in [0.4, 0.5) is 24.8 Å². The Morgan fingerprint density at radius 1 is 1.10 bits per heavy atom. The lowest BCUT2D eigenvalue weighted by Gasteiger charge is -2.36. The van der Waals surface area contributed by atoms with Gasteiger partial charge in [-0.25, -0.2) is 28.1 Å². The summed E-state index contributed by atoms with van der Waals surface area (Å²) in [5.41, 5.74) is -0.435. The van der Waals surface area contributed by atoms with Crippen molar-refractivity contribution < 1.29 is 18.0 Å². The van der Waals surface area contributed by atoms with E-state index in [9.17, 15) is 18.0 Å². The molecule has 160 valence electrons. The number of amides is 1. The third-order valence-electron chi connectivity index (χ3n) is 4.43. The quantitative estimate of drug-likeness (QED) is 0.434. The highest BCUT2D eigenvalue weighted by atomic mass is 19.2. The van der Waals surface area contributed by atoms with Crippen LogP contribution < -0.4 is 15.5 Å². The molecule has 0 atom stereocenters. The topological polar surface area (TPSA) is 85.8 Å². The van der Waals surface area contributed by atoms with Crippen LogP contribution in [-0.2, 0) is 4.79 Å². The molecule has 1 aliphatic heterocycles. The van der Waals surface area contributed by atoms with Crippen molar-refractivity contribution in [2.75, 3.05) is 49.5 Å². The Bertz CT molecular complexity index is 903. The molecule has 0 saturated carbocycles. The van der Waals surface area contributed by atoms with Gasteiger partial charge in [-0.05, 0) is 25.1 Å². The van der Waals surface area contributed by atoms with Crippen LogP contribution >= 0.6 is 0 Å². The predicted octanol–water partition coefficient (Wildman–Crippen LogP) is 1.62. The van der Waals surface area contributed by atoms with E-state index in [2.05, 4.69) is 30.5 Å². The van der Waals surface area contributed by atoms with Crippen LogP contribution in [0.1, 0.15) is 6.92 Å². The number of anilines is 2. The number of rotatable bonds is 5. The van der Waals surface area contributed by atoms with E-state index in [1.54, 1.807) is 18.5 Å². The number of aliphatic imine (C=N–C) groups is 1. The first-order chi connectivity index (χ1) is 14.5. The standard InChI is InChI=1S/C19H22F3N7O/c1-2-23-18(28-8-10-29(11-9-28)19-24-6-3-7-25-19)26-12-15(30)27-14-5-4-13(20)16(21)17(14)22/h3-7H,2,8-12H2,1H3,(H,23,26)(H,27,30). The molecule has 0 bridgehead atoms. The van der Waals surface area contributed by atoms with Gasteiger partial charge in [0.15, 0.2) is 23.4 Å². The number of halogens is 3. The Kier molecular flexibility index (Phi) is 7.04. The molecule has 2 heterocycles. The average molecular weight is 421 g/mol. The third kappa shape index (κ3) is 5.16. The van der Waals surface area contributed by atoms with E-state index in [-0.39, 0.29) is 6.54 Å². The molecule has 1 saturated heterocycles. The maximum atomic E-state index is 13.7. The normalized spacial score (nSPS) is 14.6. The van der Waals surface area contributed by atoms with Gasteiger partial charge in [0.25, 0.3) is 0 Å². The monoisotopic (exact) mass is 421 g/mol. The Hall–Kier alpha value is -3.37. The van der Waals surface area contributed by atoms with E-state index in [0.29, 0.717) is 44.6 Å². The van der Waals surface area contributed by atoms with Crippen LogP contribution in [0.25, 0.3) is 0 Å². The van der Waals surface area contributed by atoms with Crippen LogP contribution in [0.2, 0.25) is 0 Å². The van der Waals surface area contributed by atoms with Crippen LogP contribution in [0.5, 0.6) is 0 Å². The van der Waals surface area contributed by atoms with E-state index in [0.717, 1.165) is 12.1 Å². The van der Waals surface area contributed by atoms with E-state index in [1.807, 2.05) is 11.8 Å². The number of hydrogen-bond donors (Lipinski definition) is 2. The molecule has 11 heteroatoms. The number of piperazine rings is 1. The van der Waals surface area contributed by atoms with Crippen molar-refractivity contribution in [3.05, 3.63) is 48.0 Å². The first-order valence-electron chi connectivity index (χ1n) is 9.48. The summed E-state index contributed by atoms with van der Waals surface area (Å²) in [4.78, 5) is 28.9. The highest BCUT2D eigenvalue weighted by Gasteiger charge is 2.21. The molecule has 1 aromatic heterocycles. The molecule has 30 heavy (non-hydrogen) atoms. The zero-order chi connectivity index (χ0) is 21.5. The van der Waals surface area contributed by atoms with Crippen molar-refractivity contribution in [2.24, 2.45) is 4.99 Å². The zero-order valence-corrected chi connectivity index (χ0v) is 16.4. The number of carbonyl (C=O) groups is 1. The van der Waals surface area contributed by atoms with Crippen LogP contribution in [0, 0.1) is 17.5 Å². The van der Waals surface area contributed by atoms with Crippen molar-refractivity contribution in [1.82, 2.24) is 20.2 Å². The number of carbonyl (C=O) groups excluding carboxylic acids is 1. The highest BCUT2D eigenvalue weighted by molar-refractivity contribution is 5.94. The molecular weight excluding hydrogens is 399 g/mol. The van der Waals surface area contributed by atoms with Crippen molar-refractivity contribution in [1.29, 1.82) is 0 Å². The van der Waals surface area contributed by atoms with Gasteiger partial charge in [0.2, 0.25) is 11.9 Å². The second kappa shape index (κ2) is 9.90.